The predicted molar refractivity (Wildman–Crippen MR) is 245 cm³/mol. The Hall–Kier alpha value is -7.68. The van der Waals surface area contributed by atoms with E-state index < -0.39 is 0 Å². The molecule has 10 aromatic carbocycles. The van der Waals surface area contributed by atoms with E-state index in [-0.39, 0.29) is 0 Å². The molecule has 1 aromatic heterocycles. The summed E-state index contributed by atoms with van der Waals surface area (Å²) in [5.41, 5.74) is 14.2. The zero-order valence-corrected chi connectivity index (χ0v) is 31.7. The lowest BCUT2D eigenvalue weighted by molar-refractivity contribution is 0.669. The highest BCUT2D eigenvalue weighted by molar-refractivity contribution is 6.12. The van der Waals surface area contributed by atoms with Crippen molar-refractivity contribution < 1.29 is 4.42 Å². The lowest BCUT2D eigenvalue weighted by atomic mass is 9.94. The van der Waals surface area contributed by atoms with Gasteiger partial charge in [-0.15, -0.1) is 0 Å². The summed E-state index contributed by atoms with van der Waals surface area (Å²) in [5, 5.41) is 7.29. The first-order valence-corrected chi connectivity index (χ1v) is 19.8. The van der Waals surface area contributed by atoms with Crippen molar-refractivity contribution in [3.63, 3.8) is 0 Å². The van der Waals surface area contributed by atoms with Crippen LogP contribution in [0.5, 0.6) is 0 Å². The first-order chi connectivity index (χ1) is 28.7. The highest BCUT2D eigenvalue weighted by atomic mass is 16.3. The molecule has 0 atom stereocenters. The molecule has 1 heterocycles. The minimum absolute atomic E-state index is 0.879. The number of hydrogen-bond donors (Lipinski definition) is 0. The van der Waals surface area contributed by atoms with Crippen LogP contribution in [-0.4, -0.2) is 0 Å². The number of furan rings is 1. The number of fused-ring (bicyclic) bond motifs is 6. The van der Waals surface area contributed by atoms with Gasteiger partial charge >= 0.3 is 0 Å². The normalized spacial score (nSPS) is 11.4. The lowest BCUT2D eigenvalue weighted by Crippen LogP contribution is -2.11. The second-order valence-corrected chi connectivity index (χ2v) is 14.9. The third kappa shape index (κ3) is 5.91. The third-order valence-electron chi connectivity index (χ3n) is 11.4. The van der Waals surface area contributed by atoms with E-state index in [4.69, 9.17) is 4.42 Å². The molecule has 0 unspecified atom stereocenters. The molecule has 0 spiro atoms. The first-order valence-electron chi connectivity index (χ1n) is 19.8. The fourth-order valence-corrected chi connectivity index (χ4v) is 8.65. The van der Waals surface area contributed by atoms with Crippen molar-refractivity contribution >= 4 is 60.5 Å². The molecular formula is C56H37NO. The summed E-state index contributed by atoms with van der Waals surface area (Å²) < 4.78 is 6.41. The topological polar surface area (TPSA) is 16.4 Å². The SMILES string of the molecule is c1ccc(-c2cc(-c3ccccc3)cc(N(c3ccc(-c4cccc5c4ccc4ccccc45)cc3)c3ccccc3-c3ccc4c(c3)oc3ccccc34)c2)cc1. The molecule has 0 saturated carbocycles. The fraction of sp³-hybridized carbons (Fsp3) is 0. The van der Waals surface area contributed by atoms with Crippen molar-refractivity contribution in [3.05, 3.63) is 224 Å². The molecule has 2 nitrogen and oxygen atoms in total. The molecule has 0 aliphatic rings. The molecule has 0 saturated heterocycles. The van der Waals surface area contributed by atoms with Gasteiger partial charge in [0.1, 0.15) is 11.2 Å². The number of rotatable bonds is 7. The van der Waals surface area contributed by atoms with Gasteiger partial charge in [-0.25, -0.2) is 0 Å². The fourth-order valence-electron chi connectivity index (χ4n) is 8.65. The highest BCUT2D eigenvalue weighted by Crippen LogP contribution is 2.45. The van der Waals surface area contributed by atoms with Crippen LogP contribution in [0.2, 0.25) is 0 Å². The van der Waals surface area contributed by atoms with Crippen molar-refractivity contribution in [2.24, 2.45) is 0 Å². The second-order valence-electron chi connectivity index (χ2n) is 14.9. The van der Waals surface area contributed by atoms with Crippen molar-refractivity contribution in [2.75, 3.05) is 4.90 Å². The zero-order valence-electron chi connectivity index (χ0n) is 31.7. The van der Waals surface area contributed by atoms with Crippen molar-refractivity contribution in [3.8, 4) is 44.5 Å². The number of nitrogens with zero attached hydrogens (tertiary/aromatic N) is 1. The Morgan fingerprint density at radius 3 is 1.64 bits per heavy atom. The molecule has 2 heteroatoms. The molecule has 0 bridgehead atoms. The first kappa shape index (κ1) is 33.6. The number of para-hydroxylation sites is 2. The average molecular weight is 740 g/mol. The summed E-state index contributed by atoms with van der Waals surface area (Å²) in [5.74, 6) is 0. The van der Waals surface area contributed by atoms with Crippen LogP contribution in [0.25, 0.3) is 88.0 Å². The maximum absolute atomic E-state index is 6.41. The zero-order chi connectivity index (χ0) is 38.4. The van der Waals surface area contributed by atoms with E-state index in [2.05, 4.69) is 217 Å². The summed E-state index contributed by atoms with van der Waals surface area (Å²) in [6, 6.07) is 80.8. The molecule has 11 aromatic rings. The quantitative estimate of drug-likeness (QED) is 0.151. The standard InChI is InChI=1S/C56H37NO/c1-3-14-38(15-4-1)43-34-44(39-16-5-2-6-17-39)36-46(35-43)57(54-24-11-9-20-49(54)42-29-33-53-52-21-10-12-25-55(52)58-56(53)37-42)45-30-26-41(27-31-45)48-22-13-23-50-47-19-8-7-18-40(47)28-32-51(48)50/h1-37H. The van der Waals surface area contributed by atoms with E-state index in [1.165, 1.54) is 43.8 Å². The van der Waals surface area contributed by atoms with Crippen molar-refractivity contribution in [2.45, 2.75) is 0 Å². The van der Waals surface area contributed by atoms with E-state index in [1.807, 2.05) is 12.1 Å². The van der Waals surface area contributed by atoms with Gasteiger partial charge in [0.15, 0.2) is 0 Å². The Morgan fingerprint density at radius 2 is 0.862 bits per heavy atom. The van der Waals surface area contributed by atoms with Crippen molar-refractivity contribution in [1.29, 1.82) is 0 Å². The number of hydrogen-bond acceptors (Lipinski definition) is 2. The van der Waals surface area contributed by atoms with Crippen LogP contribution in [0.15, 0.2) is 229 Å². The van der Waals surface area contributed by atoms with E-state index >= 15 is 0 Å². The Bertz CT molecular complexity index is 3210. The van der Waals surface area contributed by atoms with Gasteiger partial charge in [-0.05, 0) is 115 Å². The van der Waals surface area contributed by atoms with Crippen LogP contribution in [-0.2, 0) is 0 Å². The summed E-state index contributed by atoms with van der Waals surface area (Å²) >= 11 is 0. The monoisotopic (exact) mass is 739 g/mol. The maximum Gasteiger partial charge on any atom is 0.136 e. The molecular weight excluding hydrogens is 703 g/mol. The molecule has 58 heavy (non-hydrogen) atoms. The molecule has 0 aliphatic heterocycles. The van der Waals surface area contributed by atoms with Crippen LogP contribution < -0.4 is 4.90 Å². The second kappa shape index (κ2) is 14.1. The molecule has 0 aliphatic carbocycles. The molecule has 272 valence electrons. The van der Waals surface area contributed by atoms with Crippen LogP contribution >= 0.6 is 0 Å². The van der Waals surface area contributed by atoms with Crippen LogP contribution in [0, 0.1) is 0 Å². The Morgan fingerprint density at radius 1 is 0.276 bits per heavy atom. The largest absolute Gasteiger partial charge is 0.456 e. The van der Waals surface area contributed by atoms with Gasteiger partial charge in [-0.1, -0.05) is 170 Å². The van der Waals surface area contributed by atoms with Gasteiger partial charge in [0.05, 0.1) is 5.69 Å². The van der Waals surface area contributed by atoms with Gasteiger partial charge in [-0.2, -0.15) is 0 Å². The van der Waals surface area contributed by atoms with Gasteiger partial charge in [-0.3, -0.25) is 0 Å². The average Bonchev–Trinajstić information content (AvgIpc) is 3.68. The van der Waals surface area contributed by atoms with Gasteiger partial charge in [0, 0.05) is 27.7 Å². The van der Waals surface area contributed by atoms with Crippen LogP contribution in [0.4, 0.5) is 17.1 Å². The summed E-state index contributed by atoms with van der Waals surface area (Å²) in [6.07, 6.45) is 0. The minimum atomic E-state index is 0.879. The molecule has 0 N–H and O–H groups in total. The highest BCUT2D eigenvalue weighted by Gasteiger charge is 2.20. The third-order valence-corrected chi connectivity index (χ3v) is 11.4. The molecule has 0 fully saturated rings. The Balaban J connectivity index is 1.11. The number of benzene rings is 10. The summed E-state index contributed by atoms with van der Waals surface area (Å²) in [7, 11) is 0. The maximum atomic E-state index is 6.41. The van der Waals surface area contributed by atoms with E-state index in [9.17, 15) is 0 Å². The van der Waals surface area contributed by atoms with Crippen LogP contribution in [0.1, 0.15) is 0 Å². The van der Waals surface area contributed by atoms with E-state index in [1.54, 1.807) is 0 Å². The Labute approximate surface area is 337 Å². The van der Waals surface area contributed by atoms with E-state index in [0.29, 0.717) is 0 Å². The lowest BCUT2D eigenvalue weighted by Gasteiger charge is -2.29. The van der Waals surface area contributed by atoms with Gasteiger partial charge in [0.2, 0.25) is 0 Å². The van der Waals surface area contributed by atoms with Gasteiger partial charge < -0.3 is 9.32 Å². The minimum Gasteiger partial charge on any atom is -0.456 e. The smallest absolute Gasteiger partial charge is 0.136 e. The Kier molecular flexibility index (Phi) is 8.19. The van der Waals surface area contributed by atoms with Crippen molar-refractivity contribution in [1.82, 2.24) is 0 Å². The molecule has 11 rings (SSSR count). The predicted octanol–water partition coefficient (Wildman–Crippen LogP) is 16.0. The van der Waals surface area contributed by atoms with Crippen LogP contribution in [0.3, 0.4) is 0 Å². The molecule has 0 amide bonds. The summed E-state index contributed by atoms with van der Waals surface area (Å²) in [6.45, 7) is 0. The van der Waals surface area contributed by atoms with Gasteiger partial charge in [0.25, 0.3) is 0 Å². The summed E-state index contributed by atoms with van der Waals surface area (Å²) in [4.78, 5) is 2.41. The molecule has 0 radical (unpaired) electrons. The number of anilines is 3. The van der Waals surface area contributed by atoms with E-state index in [0.717, 1.165) is 61.3 Å².